The van der Waals surface area contributed by atoms with Crippen LogP contribution in [0.5, 0.6) is 0 Å². The molecule has 1 aliphatic heterocycles. The predicted octanol–water partition coefficient (Wildman–Crippen LogP) is 2.29. The van der Waals surface area contributed by atoms with Crippen molar-refractivity contribution in [3.8, 4) is 6.07 Å². The lowest BCUT2D eigenvalue weighted by molar-refractivity contribution is 0.271. The molecule has 0 bridgehead atoms. The largest absolute Gasteiger partial charge is 0.300 e. The van der Waals surface area contributed by atoms with Crippen molar-refractivity contribution >= 4 is 5.82 Å². The van der Waals surface area contributed by atoms with E-state index >= 15 is 0 Å². The second-order valence-electron chi connectivity index (χ2n) is 4.83. The molecule has 102 valence electrons. The third kappa shape index (κ3) is 3.02. The first-order chi connectivity index (χ1) is 9.30. The highest BCUT2D eigenvalue weighted by Crippen LogP contribution is 2.21. The normalized spacial score (nSPS) is 16.1. The maximum atomic E-state index is 9.40. The van der Waals surface area contributed by atoms with Gasteiger partial charge in [-0.15, -0.1) is 5.10 Å². The number of nitrogens with one attached hydrogen (secondary N) is 1. The van der Waals surface area contributed by atoms with E-state index in [1.807, 2.05) is 6.92 Å². The molecule has 0 aromatic carbocycles. The van der Waals surface area contributed by atoms with Crippen molar-refractivity contribution in [2.75, 3.05) is 18.5 Å². The van der Waals surface area contributed by atoms with Gasteiger partial charge in [-0.3, -0.25) is 0 Å². The van der Waals surface area contributed by atoms with E-state index < -0.39 is 0 Å². The maximum Gasteiger partial charge on any atom is 0.181 e. The zero-order valence-electron chi connectivity index (χ0n) is 11.7. The average molecular weight is 259 g/mol. The summed E-state index contributed by atoms with van der Waals surface area (Å²) < 4.78 is 0. The van der Waals surface area contributed by atoms with Crippen LogP contribution in [0.25, 0.3) is 0 Å². The van der Waals surface area contributed by atoms with Crippen LogP contribution in [-0.2, 0) is 12.8 Å². The molecule has 1 saturated heterocycles. The quantitative estimate of drug-likeness (QED) is 0.898. The standard InChI is InChI=1S/C14H21N5/c1-3-11-12(10-15)14(17-16-13(11)4-2)18-19-8-6-5-7-9-19/h3-9H2,1-2H3,(H,17,18). The molecule has 0 unspecified atom stereocenters. The van der Waals surface area contributed by atoms with Crippen molar-refractivity contribution in [3.63, 3.8) is 0 Å². The number of hydrogen-bond acceptors (Lipinski definition) is 5. The molecule has 2 rings (SSSR count). The molecule has 0 saturated carbocycles. The number of piperidine rings is 1. The molecule has 0 spiro atoms. The highest BCUT2D eigenvalue weighted by molar-refractivity contribution is 5.56. The average Bonchev–Trinajstić information content (AvgIpc) is 2.47. The van der Waals surface area contributed by atoms with E-state index in [2.05, 4.69) is 33.6 Å². The minimum Gasteiger partial charge on any atom is -0.300 e. The van der Waals surface area contributed by atoms with Crippen molar-refractivity contribution in [3.05, 3.63) is 16.8 Å². The number of rotatable bonds is 4. The Balaban J connectivity index is 2.27. The van der Waals surface area contributed by atoms with Crippen LogP contribution < -0.4 is 5.43 Å². The maximum absolute atomic E-state index is 9.40. The molecule has 1 N–H and O–H groups in total. The van der Waals surface area contributed by atoms with Crippen molar-refractivity contribution in [2.45, 2.75) is 46.0 Å². The summed E-state index contributed by atoms with van der Waals surface area (Å²) in [6, 6.07) is 2.29. The monoisotopic (exact) mass is 259 g/mol. The van der Waals surface area contributed by atoms with E-state index in [-0.39, 0.29) is 0 Å². The zero-order valence-corrected chi connectivity index (χ0v) is 11.7. The Morgan fingerprint density at radius 2 is 1.89 bits per heavy atom. The summed E-state index contributed by atoms with van der Waals surface area (Å²) in [6.45, 7) is 6.11. The first-order valence-electron chi connectivity index (χ1n) is 7.10. The van der Waals surface area contributed by atoms with Gasteiger partial charge in [0.05, 0.1) is 5.69 Å². The molecule has 19 heavy (non-hydrogen) atoms. The van der Waals surface area contributed by atoms with Gasteiger partial charge in [0.1, 0.15) is 11.6 Å². The molecule has 2 heterocycles. The Hall–Kier alpha value is -1.67. The van der Waals surface area contributed by atoms with E-state index in [0.29, 0.717) is 11.4 Å². The molecule has 0 atom stereocenters. The van der Waals surface area contributed by atoms with Crippen molar-refractivity contribution in [1.29, 1.82) is 5.26 Å². The van der Waals surface area contributed by atoms with Crippen LogP contribution >= 0.6 is 0 Å². The van der Waals surface area contributed by atoms with Gasteiger partial charge in [0, 0.05) is 13.1 Å². The fourth-order valence-corrected chi connectivity index (χ4v) is 2.53. The number of hydrogen-bond donors (Lipinski definition) is 1. The van der Waals surface area contributed by atoms with Gasteiger partial charge in [0.15, 0.2) is 5.82 Å². The van der Waals surface area contributed by atoms with E-state index in [0.717, 1.165) is 37.2 Å². The summed E-state index contributed by atoms with van der Waals surface area (Å²) in [6.07, 6.45) is 5.29. The Morgan fingerprint density at radius 1 is 1.16 bits per heavy atom. The smallest absolute Gasteiger partial charge is 0.181 e. The van der Waals surface area contributed by atoms with Gasteiger partial charge in [0.2, 0.25) is 0 Å². The van der Waals surface area contributed by atoms with Crippen molar-refractivity contribution in [2.24, 2.45) is 0 Å². The molecule has 5 nitrogen and oxygen atoms in total. The van der Waals surface area contributed by atoms with Crippen LogP contribution in [-0.4, -0.2) is 28.3 Å². The Labute approximate surface area is 114 Å². The third-order valence-corrected chi connectivity index (χ3v) is 3.58. The zero-order chi connectivity index (χ0) is 13.7. The molecule has 1 aromatic heterocycles. The molecule has 5 heteroatoms. The second-order valence-corrected chi connectivity index (χ2v) is 4.83. The van der Waals surface area contributed by atoms with Crippen LogP contribution in [0.3, 0.4) is 0 Å². The molecule has 1 aromatic rings. The summed E-state index contributed by atoms with van der Waals surface area (Å²) in [7, 11) is 0. The van der Waals surface area contributed by atoms with Gasteiger partial charge >= 0.3 is 0 Å². The minimum atomic E-state index is 0.610. The fraction of sp³-hybridized carbons (Fsp3) is 0.643. The molecule has 0 amide bonds. The van der Waals surface area contributed by atoms with Gasteiger partial charge in [-0.05, 0) is 31.2 Å². The van der Waals surface area contributed by atoms with E-state index in [1.54, 1.807) is 0 Å². The van der Waals surface area contributed by atoms with Crippen molar-refractivity contribution in [1.82, 2.24) is 15.2 Å². The molecular formula is C14H21N5. The third-order valence-electron chi connectivity index (χ3n) is 3.58. The lowest BCUT2D eigenvalue weighted by atomic mass is 10.0. The van der Waals surface area contributed by atoms with Crippen LogP contribution in [0, 0.1) is 11.3 Å². The van der Waals surface area contributed by atoms with Gasteiger partial charge in [0.25, 0.3) is 0 Å². The number of hydrazine groups is 1. The first kappa shape index (κ1) is 13.8. The Morgan fingerprint density at radius 3 is 2.47 bits per heavy atom. The second kappa shape index (κ2) is 6.48. The Kier molecular flexibility index (Phi) is 4.69. The van der Waals surface area contributed by atoms with Crippen LogP contribution in [0.2, 0.25) is 0 Å². The molecule has 1 fully saturated rings. The molecule has 1 aliphatic rings. The van der Waals surface area contributed by atoms with E-state index in [4.69, 9.17) is 0 Å². The summed E-state index contributed by atoms with van der Waals surface area (Å²) >= 11 is 0. The number of anilines is 1. The van der Waals surface area contributed by atoms with Crippen LogP contribution in [0.15, 0.2) is 0 Å². The highest BCUT2D eigenvalue weighted by atomic mass is 15.5. The van der Waals surface area contributed by atoms with Crippen LogP contribution in [0.4, 0.5) is 5.82 Å². The number of aromatic nitrogens is 2. The summed E-state index contributed by atoms with van der Waals surface area (Å²) in [5.41, 5.74) is 5.88. The summed E-state index contributed by atoms with van der Waals surface area (Å²) in [5, 5.41) is 20.0. The van der Waals surface area contributed by atoms with Gasteiger partial charge in [-0.1, -0.05) is 20.3 Å². The summed E-state index contributed by atoms with van der Waals surface area (Å²) in [5.74, 6) is 0.610. The SMILES string of the molecule is CCc1nnc(NN2CCCCC2)c(C#N)c1CC. The van der Waals surface area contributed by atoms with Gasteiger partial charge in [-0.25, -0.2) is 5.01 Å². The van der Waals surface area contributed by atoms with E-state index in [9.17, 15) is 5.26 Å². The molecule has 0 aliphatic carbocycles. The van der Waals surface area contributed by atoms with E-state index in [1.165, 1.54) is 19.3 Å². The molecule has 0 radical (unpaired) electrons. The summed E-state index contributed by atoms with van der Waals surface area (Å²) in [4.78, 5) is 0. The predicted molar refractivity (Wildman–Crippen MR) is 74.5 cm³/mol. The highest BCUT2D eigenvalue weighted by Gasteiger charge is 2.17. The number of aryl methyl sites for hydroxylation is 1. The first-order valence-corrected chi connectivity index (χ1v) is 7.10. The number of nitrogens with zero attached hydrogens (tertiary/aromatic N) is 4. The Bertz CT molecular complexity index is 471. The topological polar surface area (TPSA) is 64.8 Å². The number of nitriles is 1. The lowest BCUT2D eigenvalue weighted by Crippen LogP contribution is -2.35. The van der Waals surface area contributed by atoms with Gasteiger partial charge < -0.3 is 5.43 Å². The molecular weight excluding hydrogens is 238 g/mol. The fourth-order valence-electron chi connectivity index (χ4n) is 2.53. The van der Waals surface area contributed by atoms with Crippen molar-refractivity contribution < 1.29 is 0 Å². The lowest BCUT2D eigenvalue weighted by Gasteiger charge is -2.27. The van der Waals surface area contributed by atoms with Gasteiger partial charge in [-0.2, -0.15) is 10.4 Å². The minimum absolute atomic E-state index is 0.610. The van der Waals surface area contributed by atoms with Crippen LogP contribution in [0.1, 0.15) is 49.9 Å².